The number of hydrogen-bond acceptors (Lipinski definition) is 5. The van der Waals surface area contributed by atoms with Gasteiger partial charge in [0.1, 0.15) is 5.04 Å². The maximum absolute atomic E-state index is 13.6. The first kappa shape index (κ1) is 16.5. The number of aromatic nitrogens is 1. The molecule has 0 N–H and O–H groups in total. The fraction of sp³-hybridized carbons (Fsp3) is 0.188. The molecule has 8 heteroatoms. The highest BCUT2D eigenvalue weighted by Crippen LogP contribution is 2.43. The average Bonchev–Trinajstić information content (AvgIpc) is 3.02. The Hall–Kier alpha value is -2.35. The van der Waals surface area contributed by atoms with Gasteiger partial charge in [-0.3, -0.25) is 4.98 Å². The van der Waals surface area contributed by atoms with Gasteiger partial charge in [-0.1, -0.05) is 30.0 Å². The molecule has 2 aromatic rings. The molecule has 1 aromatic carbocycles. The standard InChI is InChI=1S/C16H11F3N2O2S/c17-16(18,19)15(23-14(22)11-5-2-1-3-6-11)10-24-13(21-15)12-7-4-8-20-9-12/h1-9H,10H2. The fourth-order valence-corrected chi connectivity index (χ4v) is 3.19. The molecule has 1 aromatic heterocycles. The van der Waals surface area contributed by atoms with Gasteiger partial charge in [-0.05, 0) is 24.3 Å². The minimum atomic E-state index is -4.83. The second-order valence-electron chi connectivity index (χ2n) is 4.99. The molecule has 0 amide bonds. The molecule has 0 fully saturated rings. The SMILES string of the molecule is O=C(OC1(C(F)(F)F)CSC(c2cccnc2)=N1)c1ccccc1. The zero-order chi connectivity index (χ0) is 17.2. The lowest BCUT2D eigenvalue weighted by atomic mass is 10.2. The number of rotatable bonds is 3. The normalized spacial score (nSPS) is 20.5. The van der Waals surface area contributed by atoms with Gasteiger partial charge in [-0.15, -0.1) is 0 Å². The second-order valence-corrected chi connectivity index (χ2v) is 5.95. The molecular weight excluding hydrogens is 341 g/mol. The first-order chi connectivity index (χ1) is 11.4. The van der Waals surface area contributed by atoms with Crippen molar-refractivity contribution in [3.05, 3.63) is 66.0 Å². The molecule has 3 rings (SSSR count). The highest BCUT2D eigenvalue weighted by molar-refractivity contribution is 8.14. The van der Waals surface area contributed by atoms with E-state index in [9.17, 15) is 18.0 Å². The van der Waals surface area contributed by atoms with Crippen LogP contribution in [0.15, 0.2) is 59.9 Å². The molecule has 1 aliphatic rings. The van der Waals surface area contributed by atoms with Gasteiger partial charge in [-0.2, -0.15) is 13.2 Å². The van der Waals surface area contributed by atoms with Crippen LogP contribution in [-0.2, 0) is 4.74 Å². The molecule has 4 nitrogen and oxygen atoms in total. The zero-order valence-electron chi connectivity index (χ0n) is 12.2. The summed E-state index contributed by atoms with van der Waals surface area (Å²) in [5.74, 6) is -1.59. The Morgan fingerprint density at radius 2 is 1.92 bits per heavy atom. The number of ether oxygens (including phenoxy) is 1. The second kappa shape index (κ2) is 6.27. The number of pyridine rings is 1. The van der Waals surface area contributed by atoms with Crippen molar-refractivity contribution in [2.75, 3.05) is 5.75 Å². The van der Waals surface area contributed by atoms with Crippen LogP contribution in [0.25, 0.3) is 0 Å². The van der Waals surface area contributed by atoms with Crippen LogP contribution in [0.2, 0.25) is 0 Å². The van der Waals surface area contributed by atoms with Crippen molar-refractivity contribution in [3.8, 4) is 0 Å². The van der Waals surface area contributed by atoms with Crippen molar-refractivity contribution in [1.82, 2.24) is 4.98 Å². The molecule has 0 bridgehead atoms. The molecule has 2 heterocycles. The lowest BCUT2D eigenvalue weighted by molar-refractivity contribution is -0.245. The summed E-state index contributed by atoms with van der Waals surface area (Å²) in [7, 11) is 0. The van der Waals surface area contributed by atoms with E-state index in [-0.39, 0.29) is 10.6 Å². The molecule has 1 atom stereocenters. The maximum Gasteiger partial charge on any atom is 0.451 e. The van der Waals surface area contributed by atoms with E-state index in [0.29, 0.717) is 5.56 Å². The number of esters is 1. The van der Waals surface area contributed by atoms with E-state index in [1.807, 2.05) is 0 Å². The zero-order valence-corrected chi connectivity index (χ0v) is 13.0. The Morgan fingerprint density at radius 3 is 2.54 bits per heavy atom. The van der Waals surface area contributed by atoms with Crippen molar-refractivity contribution >= 4 is 22.8 Å². The van der Waals surface area contributed by atoms with E-state index in [1.54, 1.807) is 30.3 Å². The largest absolute Gasteiger partial charge is 0.451 e. The summed E-state index contributed by atoms with van der Waals surface area (Å²) >= 11 is 0.879. The number of carbonyl (C=O) groups is 1. The maximum atomic E-state index is 13.6. The Morgan fingerprint density at radius 1 is 1.17 bits per heavy atom. The van der Waals surface area contributed by atoms with Crippen molar-refractivity contribution in [3.63, 3.8) is 0 Å². The number of alkyl halides is 3. The molecule has 1 aliphatic heterocycles. The van der Waals surface area contributed by atoms with Crippen LogP contribution in [0.1, 0.15) is 15.9 Å². The number of nitrogens with zero attached hydrogens (tertiary/aromatic N) is 2. The monoisotopic (exact) mass is 352 g/mol. The number of benzene rings is 1. The highest BCUT2D eigenvalue weighted by Gasteiger charge is 2.61. The molecule has 24 heavy (non-hydrogen) atoms. The third-order valence-corrected chi connectivity index (χ3v) is 4.45. The van der Waals surface area contributed by atoms with Gasteiger partial charge < -0.3 is 4.74 Å². The minimum absolute atomic E-state index is 0.0381. The lowest BCUT2D eigenvalue weighted by Crippen LogP contribution is -2.48. The van der Waals surface area contributed by atoms with Gasteiger partial charge >= 0.3 is 17.9 Å². The Kier molecular flexibility index (Phi) is 4.31. The molecule has 0 aliphatic carbocycles. The van der Waals surface area contributed by atoms with Gasteiger partial charge in [0.15, 0.2) is 0 Å². The van der Waals surface area contributed by atoms with Crippen molar-refractivity contribution in [1.29, 1.82) is 0 Å². The van der Waals surface area contributed by atoms with E-state index in [2.05, 4.69) is 9.98 Å². The predicted molar refractivity (Wildman–Crippen MR) is 83.9 cm³/mol. The van der Waals surface area contributed by atoms with E-state index in [4.69, 9.17) is 4.74 Å². The van der Waals surface area contributed by atoms with Gasteiger partial charge in [0.2, 0.25) is 0 Å². The van der Waals surface area contributed by atoms with Crippen LogP contribution < -0.4 is 0 Å². The van der Waals surface area contributed by atoms with Crippen molar-refractivity contribution in [2.45, 2.75) is 11.9 Å². The molecule has 1 unspecified atom stereocenters. The lowest BCUT2D eigenvalue weighted by Gasteiger charge is -2.27. The minimum Gasteiger partial charge on any atom is -0.422 e. The smallest absolute Gasteiger partial charge is 0.422 e. The summed E-state index contributed by atoms with van der Waals surface area (Å²) in [6, 6.07) is 10.7. The number of carbonyl (C=O) groups excluding carboxylic acids is 1. The Balaban J connectivity index is 1.93. The third kappa shape index (κ3) is 3.14. The third-order valence-electron chi connectivity index (χ3n) is 3.31. The van der Waals surface area contributed by atoms with Crippen LogP contribution in [0.3, 0.4) is 0 Å². The number of hydrogen-bond donors (Lipinski definition) is 0. The molecule has 0 saturated heterocycles. The quantitative estimate of drug-likeness (QED) is 0.791. The number of thioether (sulfide) groups is 1. The Bertz CT molecular complexity index is 766. The van der Waals surface area contributed by atoms with E-state index >= 15 is 0 Å². The summed E-state index contributed by atoms with van der Waals surface area (Å²) in [6.07, 6.45) is -1.90. The van der Waals surface area contributed by atoms with Crippen LogP contribution in [0.5, 0.6) is 0 Å². The van der Waals surface area contributed by atoms with Gasteiger partial charge in [0.25, 0.3) is 0 Å². The van der Waals surface area contributed by atoms with Crippen LogP contribution in [-0.4, -0.2) is 33.7 Å². The number of halogens is 3. The summed E-state index contributed by atoms with van der Waals surface area (Å²) < 4.78 is 45.5. The summed E-state index contributed by atoms with van der Waals surface area (Å²) in [5, 5.41) is 0.140. The summed E-state index contributed by atoms with van der Waals surface area (Å²) in [6.45, 7) is 0. The number of aliphatic imine (C=N–C) groups is 1. The average molecular weight is 352 g/mol. The van der Waals surface area contributed by atoms with Crippen LogP contribution in [0, 0.1) is 0 Å². The van der Waals surface area contributed by atoms with Gasteiger partial charge in [0.05, 0.1) is 11.3 Å². The first-order valence-electron chi connectivity index (χ1n) is 6.89. The highest BCUT2D eigenvalue weighted by atomic mass is 32.2. The topological polar surface area (TPSA) is 51.5 Å². The fourth-order valence-electron chi connectivity index (χ4n) is 2.07. The van der Waals surface area contributed by atoms with E-state index in [1.165, 1.54) is 24.5 Å². The van der Waals surface area contributed by atoms with Crippen molar-refractivity contribution in [2.24, 2.45) is 4.99 Å². The van der Waals surface area contributed by atoms with Gasteiger partial charge in [-0.25, -0.2) is 9.79 Å². The first-order valence-corrected chi connectivity index (χ1v) is 7.88. The van der Waals surface area contributed by atoms with Crippen molar-refractivity contribution < 1.29 is 22.7 Å². The molecule has 0 radical (unpaired) electrons. The van der Waals surface area contributed by atoms with E-state index < -0.39 is 23.6 Å². The van der Waals surface area contributed by atoms with Crippen LogP contribution >= 0.6 is 11.8 Å². The Labute approximate surface area is 139 Å². The summed E-state index contributed by atoms with van der Waals surface area (Å²) in [5.41, 5.74) is -2.41. The van der Waals surface area contributed by atoms with Gasteiger partial charge in [0, 0.05) is 18.0 Å². The van der Waals surface area contributed by atoms with E-state index in [0.717, 1.165) is 11.8 Å². The molecule has 0 saturated carbocycles. The molecular formula is C16H11F3N2O2S. The van der Waals surface area contributed by atoms with Crippen LogP contribution in [0.4, 0.5) is 13.2 Å². The summed E-state index contributed by atoms with van der Waals surface area (Å²) in [4.78, 5) is 19.6. The predicted octanol–water partition coefficient (Wildman–Crippen LogP) is 3.69. The molecule has 0 spiro atoms. The molecule has 124 valence electrons.